The molecule has 0 amide bonds. The van der Waals surface area contributed by atoms with E-state index in [1.807, 2.05) is 0 Å². The summed E-state index contributed by atoms with van der Waals surface area (Å²) in [6.07, 6.45) is -2.17. The van der Waals surface area contributed by atoms with Gasteiger partial charge in [-0.3, -0.25) is 0 Å². The van der Waals surface area contributed by atoms with Gasteiger partial charge in [0.25, 0.3) is 0 Å². The molecular formula is C9H7F2O2S-. The normalized spacial score (nSPS) is 13.6. The predicted octanol–water partition coefficient (Wildman–Crippen LogP) is 1.43. The van der Waals surface area contributed by atoms with E-state index in [2.05, 4.69) is 12.6 Å². The van der Waals surface area contributed by atoms with Crippen molar-refractivity contribution >= 4 is 17.7 Å². The van der Waals surface area contributed by atoms with Crippen LogP contribution in [0, 0.1) is 0 Å². The Morgan fingerprint density at radius 1 is 1.36 bits per heavy atom. The molecule has 0 aliphatic rings. The van der Waals surface area contributed by atoms with Gasteiger partial charge in [-0.1, -0.05) is 30.3 Å². The highest BCUT2D eigenvalue weighted by Gasteiger charge is 2.40. The molecule has 0 aliphatic carbocycles. The first-order valence-corrected chi connectivity index (χ1v) is 4.19. The zero-order chi connectivity index (χ0) is 10.8. The van der Waals surface area contributed by atoms with Crippen molar-refractivity contribution in [1.82, 2.24) is 0 Å². The van der Waals surface area contributed by atoms with Crippen molar-refractivity contribution < 1.29 is 18.7 Å². The van der Waals surface area contributed by atoms with E-state index in [-0.39, 0.29) is 5.56 Å². The van der Waals surface area contributed by atoms with Crippen LogP contribution in [0.1, 0.15) is 11.7 Å². The number of benzene rings is 1. The average molecular weight is 217 g/mol. The summed E-state index contributed by atoms with van der Waals surface area (Å²) < 4.78 is 25.8. The maximum absolute atomic E-state index is 12.9. The summed E-state index contributed by atoms with van der Waals surface area (Å²) in [5.74, 6) is -3.91. The fourth-order valence-corrected chi connectivity index (χ4v) is 1.07. The molecule has 14 heavy (non-hydrogen) atoms. The number of rotatable bonds is 3. The molecule has 1 unspecified atom stereocenters. The summed E-state index contributed by atoms with van der Waals surface area (Å²) >= 11 is 3.84. The van der Waals surface area contributed by atoms with Crippen molar-refractivity contribution in [3.05, 3.63) is 35.9 Å². The lowest BCUT2D eigenvalue weighted by atomic mass is 10.0. The third-order valence-corrected chi connectivity index (χ3v) is 2.00. The molecule has 0 radical (unpaired) electrons. The molecule has 0 bridgehead atoms. The molecule has 1 aromatic carbocycles. The summed E-state index contributed by atoms with van der Waals surface area (Å²) in [6.45, 7) is 0. The molecule has 0 aliphatic heterocycles. The van der Waals surface area contributed by atoms with Crippen LogP contribution >= 0.6 is 0 Å². The van der Waals surface area contributed by atoms with Crippen LogP contribution < -0.4 is 0 Å². The third-order valence-electron chi connectivity index (χ3n) is 1.73. The highest BCUT2D eigenvalue weighted by molar-refractivity contribution is 7.77. The van der Waals surface area contributed by atoms with Crippen molar-refractivity contribution in [1.29, 1.82) is 0 Å². The van der Waals surface area contributed by atoms with Gasteiger partial charge in [0.2, 0.25) is 0 Å². The molecule has 0 saturated heterocycles. The molecule has 0 fully saturated rings. The van der Waals surface area contributed by atoms with Gasteiger partial charge in [0.15, 0.2) is 0 Å². The summed E-state index contributed by atoms with van der Waals surface area (Å²) in [6, 6.07) is 7.20. The van der Waals surface area contributed by atoms with Crippen molar-refractivity contribution in [3.8, 4) is 0 Å². The summed E-state index contributed by atoms with van der Waals surface area (Å²) in [4.78, 5) is 10.4. The van der Waals surface area contributed by atoms with Crippen LogP contribution in [0.3, 0.4) is 0 Å². The van der Waals surface area contributed by atoms with Crippen LogP contribution in [0.5, 0.6) is 0 Å². The van der Waals surface area contributed by atoms with Crippen LogP contribution in [-0.4, -0.2) is 16.1 Å². The summed E-state index contributed by atoms with van der Waals surface area (Å²) in [5.41, 5.74) is -0.0318. The van der Waals surface area contributed by atoms with E-state index in [1.165, 1.54) is 24.3 Å². The maximum Gasteiger partial charge on any atom is 0.313 e. The standard InChI is InChI=1S/C9H8F2O2S/c10-9(11,8(13)14)7(12)6-4-2-1-3-5-6/h1-5,7,12H,(H,13,14)/p-1. The first kappa shape index (κ1) is 11.0. The molecule has 0 spiro atoms. The number of aliphatic hydroxyl groups is 1. The van der Waals surface area contributed by atoms with E-state index < -0.39 is 17.1 Å². The summed E-state index contributed by atoms with van der Waals surface area (Å²) in [5, 5.41) is 7.43. The molecule has 76 valence electrons. The molecule has 1 aromatic rings. The van der Waals surface area contributed by atoms with Gasteiger partial charge in [0.05, 0.1) is 5.12 Å². The Morgan fingerprint density at radius 2 is 1.86 bits per heavy atom. The van der Waals surface area contributed by atoms with Gasteiger partial charge in [-0.25, -0.2) is 0 Å². The molecule has 2 nitrogen and oxygen atoms in total. The van der Waals surface area contributed by atoms with Crippen molar-refractivity contribution in [2.75, 3.05) is 0 Å². The fourth-order valence-electron chi connectivity index (χ4n) is 0.956. The van der Waals surface area contributed by atoms with Gasteiger partial charge in [0, 0.05) is 0 Å². The Kier molecular flexibility index (Phi) is 3.13. The van der Waals surface area contributed by atoms with Gasteiger partial charge in [-0.2, -0.15) is 8.78 Å². The second-order valence-corrected chi connectivity index (χ2v) is 3.09. The molecule has 0 aromatic heterocycles. The van der Waals surface area contributed by atoms with Crippen LogP contribution in [-0.2, 0) is 17.4 Å². The minimum absolute atomic E-state index is 0.0318. The Balaban J connectivity index is 2.96. The van der Waals surface area contributed by atoms with Gasteiger partial charge in [-0.05, 0) is 5.56 Å². The molecule has 5 heteroatoms. The lowest BCUT2D eigenvalue weighted by Gasteiger charge is -2.24. The largest absolute Gasteiger partial charge is 0.736 e. The number of carbonyl (C=O) groups is 1. The van der Waals surface area contributed by atoms with E-state index in [0.717, 1.165) is 0 Å². The molecular weight excluding hydrogens is 210 g/mol. The Hall–Kier alpha value is -1.07. The average Bonchev–Trinajstić information content (AvgIpc) is 2.17. The smallest absolute Gasteiger partial charge is 0.313 e. The predicted molar refractivity (Wildman–Crippen MR) is 48.7 cm³/mol. The van der Waals surface area contributed by atoms with Gasteiger partial charge < -0.3 is 22.5 Å². The van der Waals surface area contributed by atoms with E-state index >= 15 is 0 Å². The third kappa shape index (κ3) is 2.05. The van der Waals surface area contributed by atoms with Gasteiger partial charge >= 0.3 is 5.92 Å². The second-order valence-electron chi connectivity index (χ2n) is 2.72. The van der Waals surface area contributed by atoms with E-state index in [9.17, 15) is 18.7 Å². The highest BCUT2D eigenvalue weighted by atomic mass is 32.1. The van der Waals surface area contributed by atoms with E-state index in [4.69, 9.17) is 0 Å². The lowest BCUT2D eigenvalue weighted by molar-refractivity contribution is -0.151. The first-order valence-electron chi connectivity index (χ1n) is 3.78. The van der Waals surface area contributed by atoms with Crippen molar-refractivity contribution in [2.45, 2.75) is 12.0 Å². The Morgan fingerprint density at radius 3 is 2.29 bits per heavy atom. The monoisotopic (exact) mass is 217 g/mol. The number of carbonyl (C=O) groups excluding carboxylic acids is 1. The van der Waals surface area contributed by atoms with Gasteiger partial charge in [0.1, 0.15) is 6.10 Å². The Labute approximate surface area is 85.0 Å². The van der Waals surface area contributed by atoms with Crippen molar-refractivity contribution in [2.24, 2.45) is 0 Å². The maximum atomic E-state index is 12.9. The molecule has 1 N–H and O–H groups in total. The molecule has 0 saturated carbocycles. The SMILES string of the molecule is O=C([S-])C(F)(F)C(O)c1ccccc1. The minimum atomic E-state index is -3.91. The Bertz CT molecular complexity index is 327. The van der Waals surface area contributed by atoms with Gasteiger partial charge in [-0.15, -0.1) is 0 Å². The number of hydrogen-bond acceptors (Lipinski definition) is 3. The number of alkyl halides is 2. The van der Waals surface area contributed by atoms with E-state index in [0.29, 0.717) is 0 Å². The van der Waals surface area contributed by atoms with Crippen LogP contribution in [0.25, 0.3) is 0 Å². The topological polar surface area (TPSA) is 37.3 Å². The second kappa shape index (κ2) is 3.98. The fraction of sp³-hybridized carbons (Fsp3) is 0.222. The molecule has 1 rings (SSSR count). The number of aliphatic hydroxyl groups excluding tert-OH is 1. The molecule has 1 atom stereocenters. The van der Waals surface area contributed by atoms with Crippen LogP contribution in [0.2, 0.25) is 0 Å². The van der Waals surface area contributed by atoms with E-state index in [1.54, 1.807) is 6.07 Å². The first-order chi connectivity index (χ1) is 6.46. The lowest BCUT2D eigenvalue weighted by Crippen LogP contribution is -2.34. The number of hydrogen-bond donors (Lipinski definition) is 1. The summed E-state index contributed by atoms with van der Waals surface area (Å²) in [7, 11) is 0. The van der Waals surface area contributed by atoms with Crippen LogP contribution in [0.15, 0.2) is 30.3 Å². The zero-order valence-corrected chi connectivity index (χ0v) is 7.80. The van der Waals surface area contributed by atoms with Crippen LogP contribution in [0.4, 0.5) is 8.78 Å². The highest BCUT2D eigenvalue weighted by Crippen LogP contribution is 2.31. The quantitative estimate of drug-likeness (QED) is 0.778. The van der Waals surface area contributed by atoms with Crippen molar-refractivity contribution in [3.63, 3.8) is 0 Å². The zero-order valence-electron chi connectivity index (χ0n) is 6.98. The number of halogens is 2. The molecule has 0 heterocycles. The minimum Gasteiger partial charge on any atom is -0.736 e.